The number of rotatable bonds is 7. The molecule has 7 heteroatoms. The third kappa shape index (κ3) is 3.61. The highest BCUT2D eigenvalue weighted by Crippen LogP contribution is 2.21. The second-order valence-electron chi connectivity index (χ2n) is 6.39. The number of carbonyl (C=O) groups is 2. The number of hydrogen-bond donors (Lipinski definition) is 1. The maximum Gasteiger partial charge on any atom is 0.285 e. The first-order valence-electron chi connectivity index (χ1n) is 9.08. The second kappa shape index (κ2) is 8.12. The first kappa shape index (κ1) is 20.3. The molecule has 0 aliphatic heterocycles. The Morgan fingerprint density at radius 1 is 1.15 bits per heavy atom. The van der Waals surface area contributed by atoms with Gasteiger partial charge >= 0.3 is 0 Å². The molecule has 1 N–H and O–H groups in total. The van der Waals surface area contributed by atoms with E-state index in [4.69, 9.17) is 0 Å². The summed E-state index contributed by atoms with van der Waals surface area (Å²) < 4.78 is 1.06. The predicted molar refractivity (Wildman–Crippen MR) is 101 cm³/mol. The van der Waals surface area contributed by atoms with Crippen molar-refractivity contribution in [2.45, 2.75) is 60.4 Å². The Morgan fingerprint density at radius 3 is 2.26 bits per heavy atom. The fourth-order valence-corrected chi connectivity index (χ4v) is 3.50. The molecule has 0 unspecified atom stereocenters. The van der Waals surface area contributed by atoms with Crippen molar-refractivity contribution in [2.75, 3.05) is 0 Å². The van der Waals surface area contributed by atoms with Gasteiger partial charge in [-0.2, -0.15) is 10.4 Å². The van der Waals surface area contributed by atoms with Crippen LogP contribution in [0.2, 0.25) is 0 Å². The van der Waals surface area contributed by atoms with Crippen LogP contribution < -0.4 is 5.56 Å². The lowest BCUT2D eigenvalue weighted by Gasteiger charge is -2.11. The number of Topliss-reactive ketones (excluding diaryl/α,β-unsaturated/α-hetero) is 2. The highest BCUT2D eigenvalue weighted by Gasteiger charge is 2.23. The quantitative estimate of drug-likeness (QED) is 0.755. The Morgan fingerprint density at radius 2 is 1.78 bits per heavy atom. The molecule has 0 spiro atoms. The summed E-state index contributed by atoms with van der Waals surface area (Å²) in [5, 5.41) is 13.7. The zero-order chi connectivity index (χ0) is 20.3. The van der Waals surface area contributed by atoms with Crippen molar-refractivity contribution in [2.24, 2.45) is 0 Å². The van der Waals surface area contributed by atoms with E-state index in [1.807, 2.05) is 26.8 Å². The van der Waals surface area contributed by atoms with Gasteiger partial charge in [0.2, 0.25) is 5.78 Å². The molecule has 2 rings (SSSR count). The van der Waals surface area contributed by atoms with Gasteiger partial charge in [0.25, 0.3) is 5.56 Å². The monoisotopic (exact) mass is 368 g/mol. The normalized spacial score (nSPS) is 10.7. The maximum absolute atomic E-state index is 12.9. The summed E-state index contributed by atoms with van der Waals surface area (Å²) >= 11 is 0. The summed E-state index contributed by atoms with van der Waals surface area (Å²) in [6.45, 7) is 8.55. The van der Waals surface area contributed by atoms with E-state index in [2.05, 4.69) is 10.1 Å². The van der Waals surface area contributed by atoms with E-state index >= 15 is 0 Å². The van der Waals surface area contributed by atoms with Crippen LogP contribution >= 0.6 is 0 Å². The molecular formula is C20H24N4O3. The molecule has 0 bridgehead atoms. The lowest BCUT2D eigenvalue weighted by molar-refractivity contribution is 0.0959. The average Bonchev–Trinajstić information content (AvgIpc) is 2.99. The van der Waals surface area contributed by atoms with Crippen LogP contribution in [0.15, 0.2) is 4.79 Å². The van der Waals surface area contributed by atoms with Crippen LogP contribution in [-0.4, -0.2) is 26.3 Å². The average molecular weight is 368 g/mol. The number of nitrogens with one attached hydrogen (secondary N) is 1. The molecule has 27 heavy (non-hydrogen) atoms. The van der Waals surface area contributed by atoms with Crippen LogP contribution in [-0.2, 0) is 25.8 Å². The Hall–Kier alpha value is -3.01. The largest absolute Gasteiger partial charge is 0.355 e. The second-order valence-corrected chi connectivity index (χ2v) is 6.39. The van der Waals surface area contributed by atoms with Crippen LogP contribution in [0.4, 0.5) is 0 Å². The molecule has 0 saturated heterocycles. The number of nitriles is 1. The van der Waals surface area contributed by atoms with Crippen molar-refractivity contribution in [3.63, 3.8) is 0 Å². The van der Waals surface area contributed by atoms with Gasteiger partial charge in [-0.05, 0) is 44.2 Å². The molecular weight excluding hydrogens is 344 g/mol. The fourth-order valence-electron chi connectivity index (χ4n) is 3.50. The van der Waals surface area contributed by atoms with E-state index in [-0.39, 0.29) is 23.7 Å². The van der Waals surface area contributed by atoms with Crippen molar-refractivity contribution in [1.29, 1.82) is 5.26 Å². The van der Waals surface area contributed by atoms with Crippen molar-refractivity contribution in [1.82, 2.24) is 14.8 Å². The molecule has 0 fully saturated rings. The van der Waals surface area contributed by atoms with Crippen LogP contribution in [0, 0.1) is 18.3 Å². The van der Waals surface area contributed by atoms with Gasteiger partial charge in [-0.3, -0.25) is 14.4 Å². The van der Waals surface area contributed by atoms with Gasteiger partial charge in [0, 0.05) is 11.3 Å². The number of nitrogens with zero attached hydrogens (tertiary/aromatic N) is 3. The summed E-state index contributed by atoms with van der Waals surface area (Å²) in [6, 6.07) is 1.96. The zero-order valence-electron chi connectivity index (χ0n) is 16.4. The van der Waals surface area contributed by atoms with Crippen molar-refractivity contribution < 1.29 is 9.59 Å². The Bertz CT molecular complexity index is 1010. The molecule has 2 aromatic rings. The minimum Gasteiger partial charge on any atom is -0.355 e. The summed E-state index contributed by atoms with van der Waals surface area (Å²) in [6.07, 6.45) is 1.60. The molecule has 2 heterocycles. The lowest BCUT2D eigenvalue weighted by Crippen LogP contribution is -2.31. The molecule has 0 radical (unpaired) electrons. The van der Waals surface area contributed by atoms with E-state index in [9.17, 15) is 19.6 Å². The highest BCUT2D eigenvalue weighted by molar-refractivity contribution is 6.03. The van der Waals surface area contributed by atoms with Crippen LogP contribution in [0.3, 0.4) is 0 Å². The van der Waals surface area contributed by atoms with Crippen molar-refractivity contribution in [3.05, 3.63) is 49.7 Å². The standard InChI is InChI=1S/C20H24N4O3/c1-6-13-15(9-21)20(27)24(23-16(13)8-3)10-17(26)19-14(7-2)18(12(5)25)11(4)22-19/h22H,6-8,10H2,1-5H3. The Balaban J connectivity index is 2.55. The molecule has 0 atom stereocenters. The van der Waals surface area contributed by atoms with Gasteiger partial charge < -0.3 is 4.98 Å². The van der Waals surface area contributed by atoms with E-state index in [1.165, 1.54) is 6.92 Å². The zero-order valence-corrected chi connectivity index (χ0v) is 16.4. The van der Waals surface area contributed by atoms with Gasteiger partial charge in [-0.1, -0.05) is 20.8 Å². The smallest absolute Gasteiger partial charge is 0.285 e. The van der Waals surface area contributed by atoms with Crippen molar-refractivity contribution >= 4 is 11.6 Å². The predicted octanol–water partition coefficient (Wildman–Crippen LogP) is 2.52. The Kier molecular flexibility index (Phi) is 6.11. The SMILES string of the molecule is CCc1nn(CC(=O)c2[nH]c(C)c(C(C)=O)c2CC)c(=O)c(C#N)c1CC. The summed E-state index contributed by atoms with van der Waals surface area (Å²) in [4.78, 5) is 40.4. The first-order chi connectivity index (χ1) is 12.8. The van der Waals surface area contributed by atoms with E-state index in [1.54, 1.807) is 6.92 Å². The van der Waals surface area contributed by atoms with Gasteiger partial charge in [0.1, 0.15) is 18.2 Å². The fraction of sp³-hybridized carbons (Fsp3) is 0.450. The van der Waals surface area contributed by atoms with E-state index in [0.29, 0.717) is 53.0 Å². The van der Waals surface area contributed by atoms with Gasteiger partial charge in [-0.25, -0.2) is 4.68 Å². The molecule has 0 aliphatic rings. The number of aryl methyl sites for hydroxylation is 2. The Labute approximate surface area is 158 Å². The minimum atomic E-state index is -0.562. The maximum atomic E-state index is 12.9. The third-order valence-corrected chi connectivity index (χ3v) is 4.71. The minimum absolute atomic E-state index is 0.0416. The van der Waals surface area contributed by atoms with Crippen LogP contribution in [0.1, 0.15) is 76.6 Å². The van der Waals surface area contributed by atoms with Gasteiger partial charge in [-0.15, -0.1) is 0 Å². The topological polar surface area (TPSA) is 109 Å². The summed E-state index contributed by atoms with van der Waals surface area (Å²) in [5.41, 5.74) is 2.89. The van der Waals surface area contributed by atoms with Crippen LogP contribution in [0.25, 0.3) is 0 Å². The molecule has 2 aromatic heterocycles. The molecule has 0 aliphatic carbocycles. The number of hydrogen-bond acceptors (Lipinski definition) is 5. The van der Waals surface area contributed by atoms with Gasteiger partial charge in [0.15, 0.2) is 5.78 Å². The molecule has 7 nitrogen and oxygen atoms in total. The number of aromatic nitrogens is 3. The van der Waals surface area contributed by atoms with E-state index < -0.39 is 5.56 Å². The first-order valence-corrected chi connectivity index (χ1v) is 9.08. The highest BCUT2D eigenvalue weighted by atomic mass is 16.1. The molecule has 0 aromatic carbocycles. The number of aromatic amines is 1. The number of ketones is 2. The number of H-pyrrole nitrogens is 1. The third-order valence-electron chi connectivity index (χ3n) is 4.71. The van der Waals surface area contributed by atoms with Gasteiger partial charge in [0.05, 0.1) is 11.4 Å². The molecule has 0 saturated carbocycles. The van der Waals surface area contributed by atoms with Crippen LogP contribution in [0.5, 0.6) is 0 Å². The van der Waals surface area contributed by atoms with E-state index in [0.717, 1.165) is 4.68 Å². The lowest BCUT2D eigenvalue weighted by atomic mass is 10.0. The molecule has 0 amide bonds. The summed E-state index contributed by atoms with van der Waals surface area (Å²) in [7, 11) is 0. The van der Waals surface area contributed by atoms with Crippen molar-refractivity contribution in [3.8, 4) is 6.07 Å². The molecule has 142 valence electrons. The number of carbonyl (C=O) groups excluding carboxylic acids is 2. The summed E-state index contributed by atoms with van der Waals surface area (Å²) in [5.74, 6) is -0.450.